The van der Waals surface area contributed by atoms with Crippen molar-refractivity contribution in [3.63, 3.8) is 0 Å². The summed E-state index contributed by atoms with van der Waals surface area (Å²) in [5, 5.41) is 8.62. The van der Waals surface area contributed by atoms with Crippen molar-refractivity contribution in [2.75, 3.05) is 6.61 Å². The number of carboxylic acid groups (broad SMARTS) is 1. The summed E-state index contributed by atoms with van der Waals surface area (Å²) in [6.45, 7) is 5.48. The number of carboxylic acids is 1. The Hall–Kier alpha value is -1.84. The average molecular weight is 236 g/mol. The summed E-state index contributed by atoms with van der Waals surface area (Å²) in [4.78, 5) is 21.4. The van der Waals surface area contributed by atoms with E-state index in [4.69, 9.17) is 9.84 Å². The molecular formula is C13H16O4. The van der Waals surface area contributed by atoms with Crippen LogP contribution in [0.25, 0.3) is 0 Å². The number of benzene rings is 1. The minimum Gasteiger partial charge on any atom is -0.481 e. The highest BCUT2D eigenvalue weighted by atomic mass is 16.5. The Morgan fingerprint density at radius 2 is 2.06 bits per heavy atom. The van der Waals surface area contributed by atoms with E-state index in [-0.39, 0.29) is 5.41 Å². The molecule has 0 atom stereocenters. The summed E-state index contributed by atoms with van der Waals surface area (Å²) in [5.74, 6) is -0.706. The average Bonchev–Trinajstić information content (AvgIpc) is 2.24. The summed E-state index contributed by atoms with van der Waals surface area (Å²) in [5.41, 5.74) is 0.981. The third kappa shape index (κ3) is 3.31. The van der Waals surface area contributed by atoms with Crippen molar-refractivity contribution >= 4 is 12.3 Å². The number of carbonyl (C=O) groups is 2. The van der Waals surface area contributed by atoms with E-state index in [9.17, 15) is 9.59 Å². The maximum Gasteiger partial charge on any atom is 0.341 e. The summed E-state index contributed by atoms with van der Waals surface area (Å²) in [7, 11) is 0. The number of aldehydes is 1. The molecule has 0 unspecified atom stereocenters. The first-order chi connectivity index (χ1) is 7.86. The number of para-hydroxylation sites is 1. The van der Waals surface area contributed by atoms with Crippen LogP contribution in [0.3, 0.4) is 0 Å². The standard InChI is InChI=1S/C13H16O4/c1-13(2,3)10-6-4-5-9(7-14)12(10)17-8-11(15)16/h4-7H,8H2,1-3H3,(H,15,16). The molecule has 1 aromatic carbocycles. The second kappa shape index (κ2) is 4.99. The largest absolute Gasteiger partial charge is 0.481 e. The predicted octanol–water partition coefficient (Wildman–Crippen LogP) is 2.26. The molecule has 0 aromatic heterocycles. The Labute approximate surface area is 100 Å². The number of aliphatic carboxylic acids is 1. The van der Waals surface area contributed by atoms with Crippen LogP contribution in [0.2, 0.25) is 0 Å². The van der Waals surface area contributed by atoms with E-state index >= 15 is 0 Å². The third-order valence-corrected chi connectivity index (χ3v) is 2.32. The van der Waals surface area contributed by atoms with Crippen LogP contribution in [-0.4, -0.2) is 24.0 Å². The maximum atomic E-state index is 10.9. The van der Waals surface area contributed by atoms with Crippen LogP contribution in [0, 0.1) is 0 Å². The van der Waals surface area contributed by atoms with Gasteiger partial charge in [0.25, 0.3) is 0 Å². The zero-order valence-corrected chi connectivity index (χ0v) is 10.2. The molecule has 0 bridgehead atoms. The first kappa shape index (κ1) is 13.2. The van der Waals surface area contributed by atoms with Crippen molar-refractivity contribution in [3.05, 3.63) is 29.3 Å². The van der Waals surface area contributed by atoms with Gasteiger partial charge in [0.05, 0.1) is 5.56 Å². The lowest BCUT2D eigenvalue weighted by Crippen LogP contribution is -2.17. The Kier molecular flexibility index (Phi) is 3.89. The van der Waals surface area contributed by atoms with Crippen LogP contribution in [0.15, 0.2) is 18.2 Å². The fourth-order valence-corrected chi connectivity index (χ4v) is 1.53. The highest BCUT2D eigenvalue weighted by Gasteiger charge is 2.21. The molecule has 4 heteroatoms. The summed E-state index contributed by atoms with van der Waals surface area (Å²) >= 11 is 0. The second-order valence-corrected chi connectivity index (χ2v) is 4.77. The maximum absolute atomic E-state index is 10.9. The minimum absolute atomic E-state index is 0.215. The first-order valence-electron chi connectivity index (χ1n) is 5.29. The van der Waals surface area contributed by atoms with Gasteiger partial charge >= 0.3 is 5.97 Å². The number of rotatable bonds is 4. The molecule has 0 aliphatic carbocycles. The van der Waals surface area contributed by atoms with Crippen LogP contribution >= 0.6 is 0 Å². The quantitative estimate of drug-likeness (QED) is 0.814. The van der Waals surface area contributed by atoms with Gasteiger partial charge in [-0.25, -0.2) is 4.79 Å². The molecule has 92 valence electrons. The van der Waals surface area contributed by atoms with E-state index in [1.165, 1.54) is 0 Å². The van der Waals surface area contributed by atoms with Crippen LogP contribution in [-0.2, 0) is 10.2 Å². The summed E-state index contributed by atoms with van der Waals surface area (Å²) in [6, 6.07) is 5.21. The molecule has 0 aliphatic heterocycles. The van der Waals surface area contributed by atoms with E-state index in [0.717, 1.165) is 5.56 Å². The van der Waals surface area contributed by atoms with Crippen molar-refractivity contribution in [2.24, 2.45) is 0 Å². The smallest absolute Gasteiger partial charge is 0.341 e. The topological polar surface area (TPSA) is 63.6 Å². The number of hydrogen-bond acceptors (Lipinski definition) is 3. The van der Waals surface area contributed by atoms with Gasteiger partial charge in [-0.3, -0.25) is 4.79 Å². The Balaban J connectivity index is 3.21. The van der Waals surface area contributed by atoms with Crippen LogP contribution in [0.4, 0.5) is 0 Å². The summed E-state index contributed by atoms with van der Waals surface area (Å²) < 4.78 is 5.22. The van der Waals surface area contributed by atoms with Crippen molar-refractivity contribution in [1.29, 1.82) is 0 Å². The van der Waals surface area contributed by atoms with Gasteiger partial charge in [-0.2, -0.15) is 0 Å². The van der Waals surface area contributed by atoms with E-state index < -0.39 is 12.6 Å². The molecule has 0 radical (unpaired) electrons. The number of ether oxygens (including phenoxy) is 1. The van der Waals surface area contributed by atoms with Crippen molar-refractivity contribution in [1.82, 2.24) is 0 Å². The molecule has 0 aliphatic rings. The molecule has 0 saturated heterocycles. The first-order valence-corrected chi connectivity index (χ1v) is 5.29. The van der Waals surface area contributed by atoms with Crippen LogP contribution in [0.5, 0.6) is 5.75 Å². The molecule has 0 fully saturated rings. The van der Waals surface area contributed by atoms with Crippen LogP contribution < -0.4 is 4.74 Å². The molecule has 17 heavy (non-hydrogen) atoms. The van der Waals surface area contributed by atoms with Crippen LogP contribution in [0.1, 0.15) is 36.7 Å². The molecule has 0 spiro atoms. The molecule has 0 amide bonds. The normalized spacial score (nSPS) is 11.0. The van der Waals surface area contributed by atoms with E-state index in [1.807, 2.05) is 26.8 Å². The molecule has 1 aromatic rings. The van der Waals surface area contributed by atoms with Gasteiger partial charge in [0.2, 0.25) is 0 Å². The fraction of sp³-hybridized carbons (Fsp3) is 0.385. The molecular weight excluding hydrogens is 220 g/mol. The lowest BCUT2D eigenvalue weighted by Gasteiger charge is -2.23. The number of hydrogen-bond donors (Lipinski definition) is 1. The zero-order valence-electron chi connectivity index (χ0n) is 10.2. The minimum atomic E-state index is -1.06. The monoisotopic (exact) mass is 236 g/mol. The molecule has 1 N–H and O–H groups in total. The van der Waals surface area contributed by atoms with Gasteiger partial charge in [-0.1, -0.05) is 32.9 Å². The second-order valence-electron chi connectivity index (χ2n) is 4.77. The van der Waals surface area contributed by atoms with E-state index in [0.29, 0.717) is 17.6 Å². The van der Waals surface area contributed by atoms with E-state index in [1.54, 1.807) is 12.1 Å². The lowest BCUT2D eigenvalue weighted by atomic mass is 9.85. The van der Waals surface area contributed by atoms with E-state index in [2.05, 4.69) is 0 Å². The fourth-order valence-electron chi connectivity index (χ4n) is 1.53. The molecule has 1 rings (SSSR count). The van der Waals surface area contributed by atoms with Gasteiger partial charge in [-0.15, -0.1) is 0 Å². The van der Waals surface area contributed by atoms with Gasteiger partial charge < -0.3 is 9.84 Å². The molecule has 0 saturated carbocycles. The van der Waals surface area contributed by atoms with Crippen molar-refractivity contribution < 1.29 is 19.4 Å². The number of carbonyl (C=O) groups excluding carboxylic acids is 1. The Bertz CT molecular complexity index is 430. The molecule has 4 nitrogen and oxygen atoms in total. The van der Waals surface area contributed by atoms with Crippen molar-refractivity contribution in [3.8, 4) is 5.75 Å². The van der Waals surface area contributed by atoms with Gasteiger partial charge in [0.15, 0.2) is 12.9 Å². The Morgan fingerprint density at radius 3 is 2.53 bits per heavy atom. The van der Waals surface area contributed by atoms with Crippen molar-refractivity contribution in [2.45, 2.75) is 26.2 Å². The predicted molar refractivity (Wildman–Crippen MR) is 63.7 cm³/mol. The van der Waals surface area contributed by atoms with Gasteiger partial charge in [0, 0.05) is 5.56 Å². The highest BCUT2D eigenvalue weighted by Crippen LogP contribution is 2.33. The Morgan fingerprint density at radius 1 is 1.41 bits per heavy atom. The zero-order chi connectivity index (χ0) is 13.1. The highest BCUT2D eigenvalue weighted by molar-refractivity contribution is 5.81. The molecule has 0 heterocycles. The van der Waals surface area contributed by atoms with Gasteiger partial charge in [0.1, 0.15) is 5.75 Å². The lowest BCUT2D eigenvalue weighted by molar-refractivity contribution is -0.139. The third-order valence-electron chi connectivity index (χ3n) is 2.32. The SMILES string of the molecule is CC(C)(C)c1cccc(C=O)c1OCC(=O)O. The van der Waals surface area contributed by atoms with Gasteiger partial charge in [-0.05, 0) is 11.5 Å². The summed E-state index contributed by atoms with van der Waals surface area (Å²) in [6.07, 6.45) is 0.673.